The number of rotatable bonds is 7. The third-order valence-electron chi connectivity index (χ3n) is 6.89. The highest BCUT2D eigenvalue weighted by atomic mass is 15.4. The number of benzene rings is 2. The van der Waals surface area contributed by atoms with Crippen molar-refractivity contribution in [2.75, 3.05) is 0 Å². The lowest BCUT2D eigenvalue weighted by molar-refractivity contribution is 0.416. The van der Waals surface area contributed by atoms with E-state index in [0.29, 0.717) is 0 Å². The van der Waals surface area contributed by atoms with E-state index in [0.717, 1.165) is 29.9 Å². The van der Waals surface area contributed by atoms with Gasteiger partial charge in [0.1, 0.15) is 0 Å². The van der Waals surface area contributed by atoms with Crippen LogP contribution < -0.4 is 10.7 Å². The van der Waals surface area contributed by atoms with E-state index in [9.17, 15) is 0 Å². The van der Waals surface area contributed by atoms with Crippen molar-refractivity contribution in [2.45, 2.75) is 61.4 Å². The van der Waals surface area contributed by atoms with Gasteiger partial charge in [-0.05, 0) is 87.9 Å². The first-order valence-corrected chi connectivity index (χ1v) is 12.2. The number of aromatic nitrogens is 2. The quantitative estimate of drug-likeness (QED) is 0.290. The lowest BCUT2D eigenvalue weighted by Crippen LogP contribution is -2.54. The molecule has 0 amide bonds. The van der Waals surface area contributed by atoms with Gasteiger partial charge in [0.25, 0.3) is 0 Å². The minimum Gasteiger partial charge on any atom is -0.287 e. The van der Waals surface area contributed by atoms with Gasteiger partial charge in [0.2, 0.25) is 0 Å². The van der Waals surface area contributed by atoms with E-state index in [1.54, 1.807) is 0 Å². The van der Waals surface area contributed by atoms with Gasteiger partial charge in [-0.1, -0.05) is 61.2 Å². The third-order valence-corrected chi connectivity index (χ3v) is 6.89. The Morgan fingerprint density at radius 2 is 1.65 bits per heavy atom. The Hall–Kier alpha value is -3.33. The minimum atomic E-state index is 0.940. The van der Waals surface area contributed by atoms with Crippen LogP contribution in [-0.4, -0.2) is 15.1 Å². The number of aliphatic imine (C=N–C) groups is 1. The molecular formula is C31H39N3. The molecule has 3 aromatic rings. The average molecular weight is 454 g/mol. The Bertz CT molecular complexity index is 1430. The monoisotopic (exact) mass is 453 g/mol. The van der Waals surface area contributed by atoms with E-state index in [1.165, 1.54) is 43.7 Å². The second-order valence-corrected chi connectivity index (χ2v) is 8.79. The normalized spacial score (nSPS) is 14.5. The molecule has 0 fully saturated rings. The fourth-order valence-corrected chi connectivity index (χ4v) is 4.90. The van der Waals surface area contributed by atoms with Crippen molar-refractivity contribution in [3.05, 3.63) is 87.2 Å². The van der Waals surface area contributed by atoms with Crippen LogP contribution in [0.5, 0.6) is 0 Å². The lowest BCUT2D eigenvalue weighted by atomic mass is 9.89. The van der Waals surface area contributed by atoms with Gasteiger partial charge in [0.05, 0.1) is 16.4 Å². The molecule has 0 aliphatic heterocycles. The van der Waals surface area contributed by atoms with E-state index in [4.69, 9.17) is 4.99 Å². The predicted molar refractivity (Wildman–Crippen MR) is 151 cm³/mol. The van der Waals surface area contributed by atoms with Gasteiger partial charge >= 0.3 is 0 Å². The molecule has 0 saturated carbocycles. The van der Waals surface area contributed by atoms with Crippen LogP contribution in [0.1, 0.15) is 63.8 Å². The van der Waals surface area contributed by atoms with Crippen LogP contribution in [0.15, 0.2) is 59.3 Å². The highest BCUT2D eigenvalue weighted by Crippen LogP contribution is 2.31. The summed E-state index contributed by atoms with van der Waals surface area (Å²) in [5, 5.41) is 5.16. The molecule has 0 aliphatic carbocycles. The smallest absolute Gasteiger partial charge is 0.0780 e. The molecule has 1 aromatic heterocycles. The Morgan fingerprint density at radius 3 is 2.24 bits per heavy atom. The highest BCUT2D eigenvalue weighted by Gasteiger charge is 2.15. The van der Waals surface area contributed by atoms with E-state index in [-0.39, 0.29) is 0 Å². The van der Waals surface area contributed by atoms with Gasteiger partial charge in [-0.3, -0.25) is 14.4 Å². The standard InChI is InChI=1S/C31H39N3/c1-10-21(6)27(12-3)32-23(8)26-18-17-25(30-22(7)15-16-24(11-2)31(26)30)19-20-34-29(14-5)28(13-4)33(34)9/h10-18H,2,19-20H2,1,3-9H3/b21-10-,27-12+,28-13+,29-14+,32-23+. The molecule has 0 saturated heterocycles. The van der Waals surface area contributed by atoms with Crippen LogP contribution in [-0.2, 0) is 20.0 Å². The molecule has 0 atom stereocenters. The number of fused-ring (bicyclic) bond motifs is 1. The Kier molecular flexibility index (Phi) is 7.98. The number of hydrogen-bond acceptors (Lipinski definition) is 1. The summed E-state index contributed by atoms with van der Waals surface area (Å²) in [5.74, 6) is 0. The maximum Gasteiger partial charge on any atom is 0.0780 e. The largest absolute Gasteiger partial charge is 0.287 e. The second kappa shape index (κ2) is 10.7. The average Bonchev–Trinajstić information content (AvgIpc) is 2.85. The highest BCUT2D eigenvalue weighted by molar-refractivity contribution is 6.13. The Morgan fingerprint density at radius 1 is 0.941 bits per heavy atom. The van der Waals surface area contributed by atoms with E-state index >= 15 is 0 Å². The molecular weight excluding hydrogens is 414 g/mol. The summed E-state index contributed by atoms with van der Waals surface area (Å²) < 4.78 is 4.60. The second-order valence-electron chi connectivity index (χ2n) is 8.79. The van der Waals surface area contributed by atoms with Crippen LogP contribution in [0.2, 0.25) is 0 Å². The van der Waals surface area contributed by atoms with Crippen LogP contribution in [0.25, 0.3) is 29.0 Å². The van der Waals surface area contributed by atoms with E-state index in [2.05, 4.69) is 113 Å². The summed E-state index contributed by atoms with van der Waals surface area (Å²) in [7, 11) is 2.13. The maximum absolute atomic E-state index is 5.01. The number of allylic oxidation sites excluding steroid dienone is 3. The summed E-state index contributed by atoms with van der Waals surface area (Å²) >= 11 is 0. The third kappa shape index (κ3) is 4.52. The minimum absolute atomic E-state index is 0.940. The van der Waals surface area contributed by atoms with Crippen LogP contribution in [0.4, 0.5) is 0 Å². The van der Waals surface area contributed by atoms with Crippen molar-refractivity contribution in [2.24, 2.45) is 12.0 Å². The van der Waals surface area contributed by atoms with Gasteiger partial charge in [-0.15, -0.1) is 0 Å². The van der Waals surface area contributed by atoms with Gasteiger partial charge in [-0.2, -0.15) is 0 Å². The Labute approximate surface area is 204 Å². The molecule has 0 bridgehead atoms. The molecule has 3 heteroatoms. The molecule has 1 heterocycles. The summed E-state index contributed by atoms with van der Waals surface area (Å²) in [6.45, 7) is 19.8. The molecule has 3 nitrogen and oxygen atoms in total. The van der Waals surface area contributed by atoms with Crippen molar-refractivity contribution in [1.29, 1.82) is 0 Å². The summed E-state index contributed by atoms with van der Waals surface area (Å²) in [4.78, 5) is 5.01. The number of hydrogen-bond donors (Lipinski definition) is 0. The van der Waals surface area contributed by atoms with Crippen molar-refractivity contribution in [3.63, 3.8) is 0 Å². The van der Waals surface area contributed by atoms with Crippen molar-refractivity contribution in [1.82, 2.24) is 9.36 Å². The van der Waals surface area contributed by atoms with Crippen LogP contribution in [0, 0.1) is 6.92 Å². The van der Waals surface area contributed by atoms with E-state index in [1.807, 2.05) is 13.0 Å². The number of aryl methyl sites for hydroxylation is 2. The zero-order chi connectivity index (χ0) is 25.0. The molecule has 0 N–H and O–H groups in total. The zero-order valence-electron chi connectivity index (χ0n) is 22.2. The Balaban J connectivity index is 2.17. The molecule has 2 aromatic carbocycles. The fourth-order valence-electron chi connectivity index (χ4n) is 4.90. The molecule has 0 radical (unpaired) electrons. The van der Waals surface area contributed by atoms with Crippen molar-refractivity contribution in [3.8, 4) is 0 Å². The van der Waals surface area contributed by atoms with Crippen molar-refractivity contribution < 1.29 is 0 Å². The predicted octanol–water partition coefficient (Wildman–Crippen LogP) is 6.45. The van der Waals surface area contributed by atoms with Gasteiger partial charge in [0.15, 0.2) is 0 Å². The van der Waals surface area contributed by atoms with Gasteiger partial charge < -0.3 is 0 Å². The molecule has 34 heavy (non-hydrogen) atoms. The van der Waals surface area contributed by atoms with Gasteiger partial charge in [-0.25, -0.2) is 0 Å². The molecule has 0 spiro atoms. The van der Waals surface area contributed by atoms with Crippen molar-refractivity contribution >= 4 is 34.7 Å². The topological polar surface area (TPSA) is 22.2 Å². The molecule has 0 aliphatic rings. The van der Waals surface area contributed by atoms with Gasteiger partial charge in [0, 0.05) is 24.9 Å². The lowest BCUT2D eigenvalue weighted by Gasteiger charge is -2.22. The first kappa shape index (κ1) is 25.3. The first-order chi connectivity index (χ1) is 16.3. The van der Waals surface area contributed by atoms with Crippen LogP contribution >= 0.6 is 0 Å². The maximum atomic E-state index is 5.01. The van der Waals surface area contributed by atoms with Crippen LogP contribution in [0.3, 0.4) is 0 Å². The SMILES string of the molecule is C=Cc1ccc(C)c2c(CCn3c(=C/C)/c(=C\C)n3C)ccc(/C(C)=N/C(=C/C)C(/C)=C\C)c12. The molecule has 178 valence electrons. The summed E-state index contributed by atoms with van der Waals surface area (Å²) in [6.07, 6.45) is 11.5. The number of nitrogens with zero attached hydrogens (tertiary/aromatic N) is 3. The molecule has 0 unspecified atom stereocenters. The first-order valence-electron chi connectivity index (χ1n) is 12.2. The van der Waals surface area contributed by atoms with E-state index < -0.39 is 0 Å². The fraction of sp³-hybridized carbons (Fsp3) is 0.323. The molecule has 3 rings (SSSR count). The summed E-state index contributed by atoms with van der Waals surface area (Å²) in [6, 6.07) is 8.93. The zero-order valence-corrected chi connectivity index (χ0v) is 22.2. The summed E-state index contributed by atoms with van der Waals surface area (Å²) in [5.41, 5.74) is 8.21.